The minimum absolute atomic E-state index is 0. The van der Waals surface area contributed by atoms with Crippen molar-refractivity contribution in [3.8, 4) is 0 Å². The summed E-state index contributed by atoms with van der Waals surface area (Å²) in [6.45, 7) is 0.472. The van der Waals surface area contributed by atoms with Crippen molar-refractivity contribution in [2.75, 3.05) is 0 Å². The first-order chi connectivity index (χ1) is 4.33. The van der Waals surface area contributed by atoms with Gasteiger partial charge in [0.25, 0.3) is 0 Å². The van der Waals surface area contributed by atoms with E-state index in [9.17, 15) is 4.39 Å². The monoisotopic (exact) mass is 139 g/mol. The van der Waals surface area contributed by atoms with E-state index in [0.29, 0.717) is 6.54 Å². The minimum atomic E-state index is -0.216. The van der Waals surface area contributed by atoms with E-state index in [1.165, 1.54) is 12.1 Å². The molecule has 0 bridgehead atoms. The molecule has 54 valence electrons. The second kappa shape index (κ2) is 4.06. The molecule has 0 aliphatic carbocycles. The third kappa shape index (κ3) is 2.19. The Balaban J connectivity index is 0.000000810. The number of rotatable bonds is 1. The topological polar surface area (TPSA) is 26.0 Å². The molecule has 10 heavy (non-hydrogen) atoms. The van der Waals surface area contributed by atoms with Gasteiger partial charge in [-0.1, -0.05) is 12.1 Å². The zero-order valence-electron chi connectivity index (χ0n) is 4.97. The molecule has 1 aromatic carbocycles. The molecule has 0 fully saturated rings. The highest BCUT2D eigenvalue weighted by Crippen LogP contribution is 2.00. The van der Waals surface area contributed by atoms with Gasteiger partial charge in [0.15, 0.2) is 0 Å². The maximum atomic E-state index is 12.2. The average molecular weight is 139 g/mol. The summed E-state index contributed by atoms with van der Waals surface area (Å²) in [5.41, 5.74) is 6.23. The summed E-state index contributed by atoms with van der Waals surface area (Å²) in [4.78, 5) is 0. The first-order valence-corrected chi connectivity index (χ1v) is 2.77. The molecule has 1 aromatic rings. The van der Waals surface area contributed by atoms with Crippen molar-refractivity contribution in [2.24, 2.45) is 5.73 Å². The molecular formula is C7H11BFN. The van der Waals surface area contributed by atoms with Crippen LogP contribution in [-0.4, -0.2) is 8.41 Å². The van der Waals surface area contributed by atoms with Gasteiger partial charge in [0.1, 0.15) is 5.82 Å². The molecule has 0 atom stereocenters. The van der Waals surface area contributed by atoms with Crippen LogP contribution >= 0.6 is 0 Å². The Hall–Kier alpha value is -0.825. The molecule has 2 N–H and O–H groups in total. The summed E-state index contributed by atoms with van der Waals surface area (Å²) >= 11 is 0. The fraction of sp³-hybridized carbons (Fsp3) is 0.143. The van der Waals surface area contributed by atoms with E-state index in [1.54, 1.807) is 12.1 Å². The number of halogens is 1. The van der Waals surface area contributed by atoms with Gasteiger partial charge in [-0.15, -0.1) is 0 Å². The van der Waals surface area contributed by atoms with Crippen LogP contribution in [-0.2, 0) is 6.54 Å². The van der Waals surface area contributed by atoms with Crippen LogP contribution in [0.1, 0.15) is 5.56 Å². The highest BCUT2D eigenvalue weighted by atomic mass is 19.1. The van der Waals surface area contributed by atoms with Crippen LogP contribution in [0.4, 0.5) is 4.39 Å². The van der Waals surface area contributed by atoms with E-state index in [4.69, 9.17) is 5.73 Å². The van der Waals surface area contributed by atoms with Crippen molar-refractivity contribution in [3.05, 3.63) is 35.6 Å². The van der Waals surface area contributed by atoms with Crippen molar-refractivity contribution in [1.29, 1.82) is 0 Å². The standard InChI is InChI=1S/C7H8FN.BH3/c8-7-3-1-6(5-9)2-4-7;/h1-4H,5,9H2;1H3. The van der Waals surface area contributed by atoms with E-state index in [2.05, 4.69) is 0 Å². The predicted octanol–water partition coefficient (Wildman–Crippen LogP) is 0.100. The van der Waals surface area contributed by atoms with E-state index in [0.717, 1.165) is 5.56 Å². The van der Waals surface area contributed by atoms with Gasteiger partial charge in [-0.05, 0) is 17.7 Å². The minimum Gasteiger partial charge on any atom is -0.326 e. The third-order valence-electron chi connectivity index (χ3n) is 1.15. The van der Waals surface area contributed by atoms with Crippen LogP contribution in [0.15, 0.2) is 24.3 Å². The van der Waals surface area contributed by atoms with Gasteiger partial charge in [-0.3, -0.25) is 0 Å². The molecular weight excluding hydrogens is 128 g/mol. The molecule has 3 heteroatoms. The van der Waals surface area contributed by atoms with Gasteiger partial charge in [0.2, 0.25) is 0 Å². The summed E-state index contributed by atoms with van der Waals surface area (Å²) in [5, 5.41) is 0. The lowest BCUT2D eigenvalue weighted by molar-refractivity contribution is 0.627. The zero-order chi connectivity index (χ0) is 6.69. The number of nitrogens with two attached hydrogens (primary N) is 1. The van der Waals surface area contributed by atoms with Gasteiger partial charge in [-0.2, -0.15) is 0 Å². The lowest BCUT2D eigenvalue weighted by Gasteiger charge is -1.92. The van der Waals surface area contributed by atoms with Gasteiger partial charge in [0.05, 0.1) is 8.41 Å². The second-order valence-corrected chi connectivity index (χ2v) is 1.83. The third-order valence-corrected chi connectivity index (χ3v) is 1.15. The maximum Gasteiger partial charge on any atom is 0.123 e. The van der Waals surface area contributed by atoms with Gasteiger partial charge in [0, 0.05) is 6.54 Å². The molecule has 1 nitrogen and oxygen atoms in total. The van der Waals surface area contributed by atoms with Crippen LogP contribution in [0.5, 0.6) is 0 Å². The Labute approximate surface area is 61.6 Å². The van der Waals surface area contributed by atoms with Crippen molar-refractivity contribution < 1.29 is 4.39 Å². The van der Waals surface area contributed by atoms with E-state index < -0.39 is 0 Å². The molecule has 0 aromatic heterocycles. The molecule has 1 rings (SSSR count). The molecule has 0 aliphatic heterocycles. The average Bonchev–Trinajstić information content (AvgIpc) is 1.90. The second-order valence-electron chi connectivity index (χ2n) is 1.83. The van der Waals surface area contributed by atoms with Crippen molar-refractivity contribution >= 4 is 8.41 Å². The molecule has 0 aliphatic rings. The van der Waals surface area contributed by atoms with Crippen LogP contribution in [0, 0.1) is 5.82 Å². The summed E-state index contributed by atoms with van der Waals surface area (Å²) < 4.78 is 12.2. The van der Waals surface area contributed by atoms with Crippen molar-refractivity contribution in [3.63, 3.8) is 0 Å². The summed E-state index contributed by atoms with van der Waals surface area (Å²) in [6.07, 6.45) is 0. The number of hydrogen-bond acceptors (Lipinski definition) is 1. The molecule has 0 saturated heterocycles. The molecule has 0 spiro atoms. The van der Waals surface area contributed by atoms with Crippen LogP contribution in [0.2, 0.25) is 0 Å². The summed E-state index contributed by atoms with van der Waals surface area (Å²) in [7, 11) is 0. The zero-order valence-corrected chi connectivity index (χ0v) is 4.97. The normalized spacial score (nSPS) is 8.60. The van der Waals surface area contributed by atoms with Crippen LogP contribution < -0.4 is 5.73 Å². The fourth-order valence-corrected chi connectivity index (χ4v) is 0.620. The lowest BCUT2D eigenvalue weighted by atomic mass is 10.2. The summed E-state index contributed by atoms with van der Waals surface area (Å²) in [6, 6.07) is 6.16. The smallest absolute Gasteiger partial charge is 0.123 e. The first kappa shape index (κ1) is 9.17. The molecule has 0 radical (unpaired) electrons. The fourth-order valence-electron chi connectivity index (χ4n) is 0.620. The van der Waals surface area contributed by atoms with Crippen LogP contribution in [0.3, 0.4) is 0 Å². The van der Waals surface area contributed by atoms with Gasteiger partial charge >= 0.3 is 0 Å². The Bertz CT molecular complexity index is 185. The summed E-state index contributed by atoms with van der Waals surface area (Å²) in [5.74, 6) is -0.216. The predicted molar refractivity (Wildman–Crippen MR) is 44.2 cm³/mol. The number of hydrogen-bond donors (Lipinski definition) is 1. The van der Waals surface area contributed by atoms with Gasteiger partial charge in [-0.25, -0.2) is 4.39 Å². The molecule has 0 heterocycles. The lowest BCUT2D eigenvalue weighted by Crippen LogP contribution is -1.94. The van der Waals surface area contributed by atoms with Gasteiger partial charge < -0.3 is 5.73 Å². The highest BCUT2D eigenvalue weighted by molar-refractivity contribution is 5.75. The quantitative estimate of drug-likeness (QED) is 0.548. The molecule has 0 amide bonds. The Morgan fingerprint density at radius 2 is 1.70 bits per heavy atom. The first-order valence-electron chi connectivity index (χ1n) is 2.77. The van der Waals surface area contributed by atoms with E-state index in [-0.39, 0.29) is 14.2 Å². The Morgan fingerprint density at radius 3 is 2.10 bits per heavy atom. The van der Waals surface area contributed by atoms with Crippen molar-refractivity contribution in [2.45, 2.75) is 6.54 Å². The van der Waals surface area contributed by atoms with E-state index >= 15 is 0 Å². The maximum absolute atomic E-state index is 12.2. The molecule has 0 unspecified atom stereocenters. The highest BCUT2D eigenvalue weighted by Gasteiger charge is 1.87. The Morgan fingerprint density at radius 1 is 1.20 bits per heavy atom. The van der Waals surface area contributed by atoms with Crippen molar-refractivity contribution in [1.82, 2.24) is 0 Å². The Kier molecular flexibility index (Phi) is 3.73. The molecule has 0 saturated carbocycles. The largest absolute Gasteiger partial charge is 0.326 e. The van der Waals surface area contributed by atoms with E-state index in [1.807, 2.05) is 0 Å². The SMILES string of the molecule is B.NCc1ccc(F)cc1. The number of benzene rings is 1. The van der Waals surface area contributed by atoms with Crippen LogP contribution in [0.25, 0.3) is 0 Å².